The summed E-state index contributed by atoms with van der Waals surface area (Å²) in [6.45, 7) is 3.44. The quantitative estimate of drug-likeness (QED) is 0.673. The first-order valence-electron chi connectivity index (χ1n) is 8.20. The standard InChI is InChI=1S/C18H29N/c1-2-3-10-15-19-18(16-11-6-4-7-12-16)17-13-8-5-9-14-17/h4,6-7,11-12,17-19H,2-3,5,8-10,13-15H2,1H3. The van der Waals surface area contributed by atoms with Crippen LogP contribution in [0.2, 0.25) is 0 Å². The van der Waals surface area contributed by atoms with Gasteiger partial charge in [-0.2, -0.15) is 0 Å². The smallest absolute Gasteiger partial charge is 0.0348 e. The molecule has 1 atom stereocenters. The summed E-state index contributed by atoms with van der Waals surface area (Å²) in [6, 6.07) is 11.7. The van der Waals surface area contributed by atoms with Crippen LogP contribution < -0.4 is 5.32 Å². The minimum absolute atomic E-state index is 0.582. The molecule has 0 spiro atoms. The highest BCUT2D eigenvalue weighted by atomic mass is 14.9. The minimum Gasteiger partial charge on any atom is -0.310 e. The first kappa shape index (κ1) is 14.6. The molecule has 1 heteroatoms. The number of hydrogen-bond donors (Lipinski definition) is 1. The Kier molecular flexibility index (Phi) is 6.43. The fraction of sp³-hybridized carbons (Fsp3) is 0.667. The third-order valence-corrected chi connectivity index (χ3v) is 4.42. The Morgan fingerprint density at radius 3 is 2.47 bits per heavy atom. The van der Waals surface area contributed by atoms with Crippen molar-refractivity contribution in [2.45, 2.75) is 64.3 Å². The maximum Gasteiger partial charge on any atom is 0.0348 e. The molecule has 1 aliphatic carbocycles. The van der Waals surface area contributed by atoms with Crippen LogP contribution in [0.5, 0.6) is 0 Å². The highest BCUT2D eigenvalue weighted by Gasteiger charge is 2.24. The lowest BCUT2D eigenvalue weighted by molar-refractivity contribution is 0.270. The molecule has 1 aliphatic rings. The van der Waals surface area contributed by atoms with Crippen LogP contribution in [0.15, 0.2) is 30.3 Å². The number of unbranched alkanes of at least 4 members (excludes halogenated alkanes) is 2. The first-order valence-corrected chi connectivity index (χ1v) is 8.20. The Bertz CT molecular complexity index is 327. The predicted molar refractivity (Wildman–Crippen MR) is 83.3 cm³/mol. The van der Waals surface area contributed by atoms with Gasteiger partial charge in [-0.25, -0.2) is 0 Å². The van der Waals surface area contributed by atoms with Gasteiger partial charge in [0, 0.05) is 6.04 Å². The first-order chi connectivity index (χ1) is 9.42. The van der Waals surface area contributed by atoms with Crippen molar-refractivity contribution >= 4 is 0 Å². The Labute approximate surface area is 118 Å². The zero-order chi connectivity index (χ0) is 13.3. The van der Waals surface area contributed by atoms with Crippen LogP contribution in [-0.4, -0.2) is 6.54 Å². The maximum atomic E-state index is 3.84. The van der Waals surface area contributed by atoms with E-state index in [9.17, 15) is 0 Å². The molecular formula is C18H29N. The summed E-state index contributed by atoms with van der Waals surface area (Å²) in [7, 11) is 0. The molecule has 1 fully saturated rings. The lowest BCUT2D eigenvalue weighted by Gasteiger charge is -2.31. The van der Waals surface area contributed by atoms with Gasteiger partial charge in [-0.3, -0.25) is 0 Å². The lowest BCUT2D eigenvalue weighted by Crippen LogP contribution is -2.30. The third kappa shape index (κ3) is 4.65. The average molecular weight is 259 g/mol. The van der Waals surface area contributed by atoms with Gasteiger partial charge >= 0.3 is 0 Å². The maximum absolute atomic E-state index is 3.84. The molecule has 1 aromatic carbocycles. The van der Waals surface area contributed by atoms with E-state index in [1.54, 1.807) is 0 Å². The van der Waals surface area contributed by atoms with Crippen molar-refractivity contribution in [2.24, 2.45) is 5.92 Å². The Hall–Kier alpha value is -0.820. The van der Waals surface area contributed by atoms with Crippen molar-refractivity contribution in [2.75, 3.05) is 6.54 Å². The molecule has 0 aromatic heterocycles. The van der Waals surface area contributed by atoms with Crippen molar-refractivity contribution < 1.29 is 0 Å². The largest absolute Gasteiger partial charge is 0.310 e. The van der Waals surface area contributed by atoms with Crippen molar-refractivity contribution in [1.82, 2.24) is 5.32 Å². The molecule has 0 heterocycles. The molecule has 2 rings (SSSR count). The van der Waals surface area contributed by atoms with E-state index in [-0.39, 0.29) is 0 Å². The molecule has 1 saturated carbocycles. The van der Waals surface area contributed by atoms with Crippen LogP contribution in [0.3, 0.4) is 0 Å². The second-order valence-corrected chi connectivity index (χ2v) is 5.95. The molecule has 1 aromatic rings. The summed E-state index contributed by atoms with van der Waals surface area (Å²) in [6.07, 6.45) is 11.1. The van der Waals surface area contributed by atoms with Crippen LogP contribution in [0.25, 0.3) is 0 Å². The summed E-state index contributed by atoms with van der Waals surface area (Å²) in [5, 5.41) is 3.84. The van der Waals surface area contributed by atoms with Gasteiger partial charge in [-0.05, 0) is 37.3 Å². The van der Waals surface area contributed by atoms with Gasteiger partial charge in [0.2, 0.25) is 0 Å². The number of hydrogen-bond acceptors (Lipinski definition) is 1. The van der Waals surface area contributed by atoms with E-state index in [1.165, 1.54) is 63.5 Å². The molecule has 0 amide bonds. The summed E-state index contributed by atoms with van der Waals surface area (Å²) < 4.78 is 0. The molecule has 0 bridgehead atoms. The van der Waals surface area contributed by atoms with Crippen molar-refractivity contribution in [3.05, 3.63) is 35.9 Å². The molecule has 1 nitrogen and oxygen atoms in total. The molecule has 1 unspecified atom stereocenters. The zero-order valence-corrected chi connectivity index (χ0v) is 12.4. The molecule has 0 aliphatic heterocycles. The molecule has 0 saturated heterocycles. The summed E-state index contributed by atoms with van der Waals surface area (Å²) >= 11 is 0. The van der Waals surface area contributed by atoms with Gasteiger partial charge in [-0.1, -0.05) is 69.4 Å². The highest BCUT2D eigenvalue weighted by Crippen LogP contribution is 2.34. The van der Waals surface area contributed by atoms with E-state index in [0.717, 1.165) is 5.92 Å². The van der Waals surface area contributed by atoms with E-state index in [0.29, 0.717) is 6.04 Å². The Morgan fingerprint density at radius 2 is 1.79 bits per heavy atom. The topological polar surface area (TPSA) is 12.0 Å². The molecular weight excluding hydrogens is 230 g/mol. The monoisotopic (exact) mass is 259 g/mol. The van der Waals surface area contributed by atoms with Crippen molar-refractivity contribution in [3.63, 3.8) is 0 Å². The zero-order valence-electron chi connectivity index (χ0n) is 12.4. The van der Waals surface area contributed by atoms with E-state index < -0.39 is 0 Å². The Balaban J connectivity index is 1.96. The molecule has 106 valence electrons. The normalized spacial score (nSPS) is 18.4. The average Bonchev–Trinajstić information content (AvgIpc) is 2.49. The number of rotatable bonds is 7. The molecule has 19 heavy (non-hydrogen) atoms. The van der Waals surface area contributed by atoms with Gasteiger partial charge in [0.15, 0.2) is 0 Å². The lowest BCUT2D eigenvalue weighted by atomic mass is 9.81. The van der Waals surface area contributed by atoms with Crippen LogP contribution in [0, 0.1) is 5.92 Å². The van der Waals surface area contributed by atoms with Gasteiger partial charge in [0.05, 0.1) is 0 Å². The van der Waals surface area contributed by atoms with E-state index in [1.807, 2.05) is 0 Å². The second kappa shape index (κ2) is 8.37. The van der Waals surface area contributed by atoms with Gasteiger partial charge in [-0.15, -0.1) is 0 Å². The van der Waals surface area contributed by atoms with Crippen LogP contribution in [0.4, 0.5) is 0 Å². The van der Waals surface area contributed by atoms with Gasteiger partial charge in [0.25, 0.3) is 0 Å². The van der Waals surface area contributed by atoms with Crippen LogP contribution >= 0.6 is 0 Å². The SMILES string of the molecule is CCCCCNC(c1ccccc1)C1CCCCC1. The van der Waals surface area contributed by atoms with E-state index in [4.69, 9.17) is 0 Å². The number of benzene rings is 1. The van der Waals surface area contributed by atoms with Crippen LogP contribution in [-0.2, 0) is 0 Å². The minimum atomic E-state index is 0.582. The third-order valence-electron chi connectivity index (χ3n) is 4.42. The summed E-state index contributed by atoms with van der Waals surface area (Å²) in [5.74, 6) is 0.845. The number of nitrogens with one attached hydrogen (secondary N) is 1. The van der Waals surface area contributed by atoms with Gasteiger partial charge in [0.1, 0.15) is 0 Å². The highest BCUT2D eigenvalue weighted by molar-refractivity contribution is 5.19. The molecule has 0 radical (unpaired) electrons. The summed E-state index contributed by atoms with van der Waals surface area (Å²) in [5.41, 5.74) is 1.49. The summed E-state index contributed by atoms with van der Waals surface area (Å²) in [4.78, 5) is 0. The van der Waals surface area contributed by atoms with Crippen LogP contribution in [0.1, 0.15) is 69.9 Å². The van der Waals surface area contributed by atoms with E-state index >= 15 is 0 Å². The fourth-order valence-corrected chi connectivity index (χ4v) is 3.32. The van der Waals surface area contributed by atoms with Crippen molar-refractivity contribution in [3.8, 4) is 0 Å². The van der Waals surface area contributed by atoms with Crippen molar-refractivity contribution in [1.29, 1.82) is 0 Å². The fourth-order valence-electron chi connectivity index (χ4n) is 3.32. The second-order valence-electron chi connectivity index (χ2n) is 5.95. The van der Waals surface area contributed by atoms with Gasteiger partial charge < -0.3 is 5.32 Å². The van der Waals surface area contributed by atoms with E-state index in [2.05, 4.69) is 42.6 Å². The Morgan fingerprint density at radius 1 is 1.05 bits per heavy atom. The molecule has 1 N–H and O–H groups in total. The predicted octanol–water partition coefficient (Wildman–Crippen LogP) is 5.09.